The third-order valence-corrected chi connectivity index (χ3v) is 2.91. The fourth-order valence-corrected chi connectivity index (χ4v) is 2.04. The van der Waals surface area contributed by atoms with Crippen LogP contribution in [0.15, 0.2) is 24.3 Å². The van der Waals surface area contributed by atoms with Crippen molar-refractivity contribution in [3.05, 3.63) is 29.8 Å². The molecule has 0 bridgehead atoms. The predicted molar refractivity (Wildman–Crippen MR) is 61.9 cm³/mol. The van der Waals surface area contributed by atoms with Gasteiger partial charge < -0.3 is 9.68 Å². The molecule has 2 rings (SSSR count). The minimum atomic E-state index is -0.724. The molecular weight excluding hydrogens is 187 g/mol. The third kappa shape index (κ3) is 2.24. The maximum Gasteiger partial charge on any atom is 0.491 e. The van der Waals surface area contributed by atoms with Crippen LogP contribution in [0.3, 0.4) is 0 Å². The molecule has 0 amide bonds. The van der Waals surface area contributed by atoms with E-state index in [0.717, 1.165) is 23.9 Å². The standard InChI is InChI=1S/C12H17BO2/c1-9(2)7-8-12-10-5-3-4-6-11(10)13(14)15-12/h3-6,9,12,14H,7-8H2,1-2H3/t12-/m1/s1. The van der Waals surface area contributed by atoms with Gasteiger partial charge in [0.25, 0.3) is 0 Å². The lowest BCUT2D eigenvalue weighted by molar-refractivity contribution is 0.173. The van der Waals surface area contributed by atoms with E-state index in [2.05, 4.69) is 19.9 Å². The molecule has 1 heterocycles. The summed E-state index contributed by atoms with van der Waals surface area (Å²) in [5, 5.41) is 9.69. The van der Waals surface area contributed by atoms with E-state index in [9.17, 15) is 5.02 Å². The van der Waals surface area contributed by atoms with Crippen molar-refractivity contribution in [3.8, 4) is 0 Å². The Morgan fingerprint density at radius 2 is 2.13 bits per heavy atom. The summed E-state index contributed by atoms with van der Waals surface area (Å²) in [5.74, 6) is 0.679. The topological polar surface area (TPSA) is 29.5 Å². The SMILES string of the molecule is CC(C)CC[C@H]1OB(O)c2ccccc21. The Labute approximate surface area is 91.4 Å². The molecular formula is C12H17BO2. The molecule has 1 aromatic carbocycles. The lowest BCUT2D eigenvalue weighted by Crippen LogP contribution is -2.27. The van der Waals surface area contributed by atoms with E-state index in [1.165, 1.54) is 0 Å². The smallest absolute Gasteiger partial charge is 0.423 e. The molecule has 0 saturated carbocycles. The van der Waals surface area contributed by atoms with Crippen LogP contribution in [0.5, 0.6) is 0 Å². The van der Waals surface area contributed by atoms with Crippen LogP contribution in [0.25, 0.3) is 0 Å². The number of hydrogen-bond acceptors (Lipinski definition) is 2. The first-order chi connectivity index (χ1) is 7.18. The van der Waals surface area contributed by atoms with Crippen LogP contribution < -0.4 is 5.46 Å². The first-order valence-electron chi connectivity index (χ1n) is 5.61. The van der Waals surface area contributed by atoms with Crippen LogP contribution in [-0.4, -0.2) is 12.1 Å². The molecule has 80 valence electrons. The average Bonchev–Trinajstić information content (AvgIpc) is 2.54. The van der Waals surface area contributed by atoms with Crippen molar-refractivity contribution in [1.29, 1.82) is 0 Å². The van der Waals surface area contributed by atoms with E-state index in [0.29, 0.717) is 5.92 Å². The van der Waals surface area contributed by atoms with E-state index in [-0.39, 0.29) is 6.10 Å². The average molecular weight is 204 g/mol. The monoisotopic (exact) mass is 204 g/mol. The summed E-state index contributed by atoms with van der Waals surface area (Å²) in [5.41, 5.74) is 2.09. The molecule has 15 heavy (non-hydrogen) atoms. The minimum absolute atomic E-state index is 0.0820. The van der Waals surface area contributed by atoms with E-state index < -0.39 is 7.12 Å². The Morgan fingerprint density at radius 1 is 1.40 bits per heavy atom. The van der Waals surface area contributed by atoms with Gasteiger partial charge in [0, 0.05) is 0 Å². The van der Waals surface area contributed by atoms with Gasteiger partial charge in [0.2, 0.25) is 0 Å². The number of benzene rings is 1. The number of rotatable bonds is 3. The van der Waals surface area contributed by atoms with Crippen LogP contribution in [0, 0.1) is 5.92 Å². The summed E-state index contributed by atoms with van der Waals surface area (Å²) in [6, 6.07) is 7.94. The van der Waals surface area contributed by atoms with Gasteiger partial charge in [0.05, 0.1) is 6.10 Å². The molecule has 0 aromatic heterocycles. The number of fused-ring (bicyclic) bond motifs is 1. The van der Waals surface area contributed by atoms with Crippen molar-refractivity contribution in [2.24, 2.45) is 5.92 Å². The summed E-state index contributed by atoms with van der Waals surface area (Å²) in [6.07, 6.45) is 2.20. The van der Waals surface area contributed by atoms with Gasteiger partial charge in [-0.1, -0.05) is 38.1 Å². The first-order valence-corrected chi connectivity index (χ1v) is 5.61. The van der Waals surface area contributed by atoms with E-state index in [1.54, 1.807) is 0 Å². The Bertz CT molecular complexity index is 338. The van der Waals surface area contributed by atoms with Crippen molar-refractivity contribution < 1.29 is 9.68 Å². The second kappa shape index (κ2) is 4.37. The molecule has 1 aromatic rings. The zero-order valence-electron chi connectivity index (χ0n) is 9.31. The molecule has 1 atom stereocenters. The Balaban J connectivity index is 2.11. The van der Waals surface area contributed by atoms with Gasteiger partial charge in [0.1, 0.15) is 0 Å². The van der Waals surface area contributed by atoms with Crippen molar-refractivity contribution >= 4 is 12.6 Å². The molecule has 0 saturated heterocycles. The molecule has 1 N–H and O–H groups in total. The number of hydrogen-bond donors (Lipinski definition) is 1. The second-order valence-electron chi connectivity index (χ2n) is 4.58. The van der Waals surface area contributed by atoms with E-state index in [1.807, 2.05) is 18.2 Å². The molecule has 0 spiro atoms. The van der Waals surface area contributed by atoms with Crippen molar-refractivity contribution in [3.63, 3.8) is 0 Å². The fraction of sp³-hybridized carbons (Fsp3) is 0.500. The van der Waals surface area contributed by atoms with Gasteiger partial charge in [-0.3, -0.25) is 0 Å². The highest BCUT2D eigenvalue weighted by Crippen LogP contribution is 2.28. The third-order valence-electron chi connectivity index (χ3n) is 2.91. The molecule has 0 radical (unpaired) electrons. The Kier molecular flexibility index (Phi) is 3.12. The molecule has 3 heteroatoms. The highest BCUT2D eigenvalue weighted by atomic mass is 16.5. The molecule has 0 unspecified atom stereocenters. The van der Waals surface area contributed by atoms with Gasteiger partial charge in [-0.2, -0.15) is 0 Å². The van der Waals surface area contributed by atoms with Crippen molar-refractivity contribution in [2.45, 2.75) is 32.8 Å². The lowest BCUT2D eigenvalue weighted by Gasteiger charge is -2.13. The van der Waals surface area contributed by atoms with Crippen LogP contribution in [-0.2, 0) is 4.65 Å². The minimum Gasteiger partial charge on any atom is -0.423 e. The van der Waals surface area contributed by atoms with Crippen LogP contribution in [0.4, 0.5) is 0 Å². The Hall–Kier alpha value is -0.795. The second-order valence-corrected chi connectivity index (χ2v) is 4.58. The van der Waals surface area contributed by atoms with Gasteiger partial charge in [0.15, 0.2) is 0 Å². The molecule has 0 fully saturated rings. The predicted octanol–water partition coefficient (Wildman–Crippen LogP) is 1.88. The maximum atomic E-state index is 9.69. The van der Waals surface area contributed by atoms with Gasteiger partial charge >= 0.3 is 7.12 Å². The normalized spacial score (nSPS) is 19.7. The molecule has 0 aliphatic carbocycles. The summed E-state index contributed by atoms with van der Waals surface area (Å²) in [7, 11) is -0.724. The van der Waals surface area contributed by atoms with Gasteiger partial charge in [-0.15, -0.1) is 0 Å². The van der Waals surface area contributed by atoms with Crippen LogP contribution in [0.2, 0.25) is 0 Å². The highest BCUT2D eigenvalue weighted by Gasteiger charge is 2.34. The zero-order valence-corrected chi connectivity index (χ0v) is 9.31. The summed E-state index contributed by atoms with van der Waals surface area (Å²) >= 11 is 0. The highest BCUT2D eigenvalue weighted by molar-refractivity contribution is 6.61. The summed E-state index contributed by atoms with van der Waals surface area (Å²) in [6.45, 7) is 4.41. The first kappa shape index (κ1) is 10.7. The summed E-state index contributed by atoms with van der Waals surface area (Å²) in [4.78, 5) is 0. The lowest BCUT2D eigenvalue weighted by atomic mass is 9.79. The maximum absolute atomic E-state index is 9.69. The van der Waals surface area contributed by atoms with Gasteiger partial charge in [-0.05, 0) is 29.8 Å². The van der Waals surface area contributed by atoms with Crippen molar-refractivity contribution in [2.75, 3.05) is 0 Å². The van der Waals surface area contributed by atoms with E-state index >= 15 is 0 Å². The fourth-order valence-electron chi connectivity index (χ4n) is 2.04. The van der Waals surface area contributed by atoms with Crippen molar-refractivity contribution in [1.82, 2.24) is 0 Å². The van der Waals surface area contributed by atoms with Gasteiger partial charge in [-0.25, -0.2) is 0 Å². The zero-order chi connectivity index (χ0) is 10.8. The molecule has 2 nitrogen and oxygen atoms in total. The van der Waals surface area contributed by atoms with Crippen LogP contribution in [0.1, 0.15) is 38.4 Å². The summed E-state index contributed by atoms with van der Waals surface area (Å²) < 4.78 is 5.54. The molecule has 1 aliphatic rings. The molecule has 1 aliphatic heterocycles. The quantitative estimate of drug-likeness (QED) is 0.761. The van der Waals surface area contributed by atoms with E-state index in [4.69, 9.17) is 4.65 Å². The Morgan fingerprint density at radius 3 is 2.87 bits per heavy atom. The van der Waals surface area contributed by atoms with Crippen LogP contribution >= 0.6 is 0 Å². The largest absolute Gasteiger partial charge is 0.491 e.